The van der Waals surface area contributed by atoms with Crippen LogP contribution < -0.4 is 56.7 Å². The standard InChI is InChI=1S/C8H16BF3NO2.K/c1-6(5-9(10,11)12)13-7(14)15-8(2,3)4;/h6H,5H2,1-4H3,(H,13,14);/q-1;+1/t6-;/m1./s1. The summed E-state index contributed by atoms with van der Waals surface area (Å²) in [4.78, 5) is 11.1. The molecule has 0 fully saturated rings. The Hall–Kier alpha value is 0.761. The third kappa shape index (κ3) is 12.8. The molecule has 0 unspecified atom stereocenters. The number of hydrogen-bond donors (Lipinski definition) is 1. The molecule has 0 bridgehead atoms. The maximum atomic E-state index is 12.0. The van der Waals surface area contributed by atoms with Crippen LogP contribution in [0.3, 0.4) is 0 Å². The SMILES string of the molecule is C[C@H](C[B-](F)(F)F)NC(=O)OC(C)(C)C.[K+]. The Balaban J connectivity index is 0. The van der Waals surface area contributed by atoms with Crippen LogP contribution in [-0.4, -0.2) is 24.7 Å². The van der Waals surface area contributed by atoms with Gasteiger partial charge >= 0.3 is 64.5 Å². The molecule has 0 aliphatic carbocycles. The average molecular weight is 265 g/mol. The number of nitrogens with one attached hydrogen (secondary N) is 1. The van der Waals surface area contributed by atoms with E-state index in [1.54, 1.807) is 20.8 Å². The van der Waals surface area contributed by atoms with Crippen molar-refractivity contribution < 1.29 is 73.9 Å². The van der Waals surface area contributed by atoms with Gasteiger partial charge in [-0.3, -0.25) is 0 Å². The summed E-state index contributed by atoms with van der Waals surface area (Å²) in [5.41, 5.74) is -0.701. The van der Waals surface area contributed by atoms with Gasteiger partial charge in [-0.2, -0.15) is 0 Å². The van der Waals surface area contributed by atoms with Crippen molar-refractivity contribution in [2.75, 3.05) is 0 Å². The molecule has 3 nitrogen and oxygen atoms in total. The molecule has 1 N–H and O–H groups in total. The van der Waals surface area contributed by atoms with Gasteiger partial charge in [0.25, 0.3) is 0 Å². The van der Waals surface area contributed by atoms with Crippen molar-refractivity contribution in [3.63, 3.8) is 0 Å². The van der Waals surface area contributed by atoms with Crippen molar-refractivity contribution in [2.24, 2.45) is 0 Å². The van der Waals surface area contributed by atoms with Gasteiger partial charge < -0.3 is 23.0 Å². The zero-order valence-electron chi connectivity index (χ0n) is 10.3. The molecular weight excluding hydrogens is 249 g/mol. The van der Waals surface area contributed by atoms with E-state index in [1.807, 2.05) is 0 Å². The topological polar surface area (TPSA) is 38.3 Å². The average Bonchev–Trinajstić information content (AvgIpc) is 1.73. The van der Waals surface area contributed by atoms with Gasteiger partial charge in [0.1, 0.15) is 5.60 Å². The van der Waals surface area contributed by atoms with Gasteiger partial charge in [0.05, 0.1) is 0 Å². The molecule has 0 rings (SSSR count). The Morgan fingerprint density at radius 3 is 2.12 bits per heavy atom. The van der Waals surface area contributed by atoms with Gasteiger partial charge in [-0.1, -0.05) is 6.32 Å². The van der Waals surface area contributed by atoms with Crippen LogP contribution in [0.5, 0.6) is 0 Å². The zero-order valence-corrected chi connectivity index (χ0v) is 13.4. The van der Waals surface area contributed by atoms with Crippen LogP contribution in [0.25, 0.3) is 0 Å². The summed E-state index contributed by atoms with van der Waals surface area (Å²) in [6, 6.07) is -0.958. The van der Waals surface area contributed by atoms with Crippen molar-refractivity contribution >= 4 is 13.1 Å². The molecule has 1 atom stereocenters. The minimum Gasteiger partial charge on any atom is -0.449 e. The van der Waals surface area contributed by atoms with Crippen molar-refractivity contribution in [3.8, 4) is 0 Å². The van der Waals surface area contributed by atoms with Crippen molar-refractivity contribution in [1.29, 1.82) is 0 Å². The number of halogens is 3. The van der Waals surface area contributed by atoms with Crippen LogP contribution in [0.2, 0.25) is 6.32 Å². The summed E-state index contributed by atoms with van der Waals surface area (Å²) in [6.07, 6.45) is -1.82. The van der Waals surface area contributed by atoms with E-state index in [-0.39, 0.29) is 51.4 Å². The fourth-order valence-electron chi connectivity index (χ4n) is 0.969. The minimum absolute atomic E-state index is 0. The molecule has 0 saturated heterocycles. The second kappa shape index (κ2) is 7.25. The van der Waals surface area contributed by atoms with E-state index in [4.69, 9.17) is 4.74 Å². The molecule has 0 saturated carbocycles. The molecule has 0 heterocycles. The summed E-state index contributed by atoms with van der Waals surface area (Å²) >= 11 is 0. The summed E-state index contributed by atoms with van der Waals surface area (Å²) in [5.74, 6) is 0. The molecule has 0 aromatic rings. The molecule has 16 heavy (non-hydrogen) atoms. The number of ether oxygens (including phenoxy) is 1. The fourth-order valence-corrected chi connectivity index (χ4v) is 0.969. The fraction of sp³-hybridized carbons (Fsp3) is 0.875. The third-order valence-electron chi connectivity index (χ3n) is 1.38. The molecular formula is C8H16BF3KNO2. The van der Waals surface area contributed by atoms with E-state index in [0.29, 0.717) is 0 Å². The first kappa shape index (κ1) is 19.1. The van der Waals surface area contributed by atoms with Crippen LogP contribution in [0, 0.1) is 0 Å². The number of amides is 1. The molecule has 0 aromatic carbocycles. The van der Waals surface area contributed by atoms with E-state index in [2.05, 4.69) is 5.32 Å². The molecule has 0 aliphatic rings. The van der Waals surface area contributed by atoms with Gasteiger partial charge in [-0.15, -0.1) is 0 Å². The second-order valence-corrected chi connectivity index (χ2v) is 4.49. The van der Waals surface area contributed by atoms with Gasteiger partial charge in [0, 0.05) is 6.04 Å². The largest absolute Gasteiger partial charge is 1.00 e. The number of alkyl carbamates (subject to hydrolysis) is 1. The summed E-state index contributed by atoms with van der Waals surface area (Å²) < 4.78 is 40.7. The zero-order chi connectivity index (χ0) is 12.3. The number of rotatable bonds is 3. The van der Waals surface area contributed by atoms with Crippen molar-refractivity contribution in [3.05, 3.63) is 0 Å². The first-order valence-electron chi connectivity index (χ1n) is 4.70. The minimum atomic E-state index is -4.88. The quantitative estimate of drug-likeness (QED) is 0.715. The van der Waals surface area contributed by atoms with Gasteiger partial charge in [0.2, 0.25) is 0 Å². The van der Waals surface area contributed by atoms with Crippen LogP contribution >= 0.6 is 0 Å². The van der Waals surface area contributed by atoms with Crippen LogP contribution in [0.4, 0.5) is 17.7 Å². The third-order valence-corrected chi connectivity index (χ3v) is 1.38. The normalized spacial score (nSPS) is 13.7. The predicted molar refractivity (Wildman–Crippen MR) is 52.7 cm³/mol. The maximum Gasteiger partial charge on any atom is 1.00 e. The molecule has 1 amide bonds. The van der Waals surface area contributed by atoms with Crippen molar-refractivity contribution in [2.45, 2.75) is 45.7 Å². The molecule has 0 aromatic heterocycles. The Labute approximate surface area is 136 Å². The van der Waals surface area contributed by atoms with Gasteiger partial charge in [0.15, 0.2) is 0 Å². The summed E-state index contributed by atoms with van der Waals surface area (Å²) in [6.45, 7) is 1.34. The molecule has 90 valence electrons. The summed E-state index contributed by atoms with van der Waals surface area (Å²) in [7, 11) is 0. The predicted octanol–water partition coefficient (Wildman–Crippen LogP) is -0.249. The second-order valence-electron chi connectivity index (χ2n) is 4.49. The van der Waals surface area contributed by atoms with Crippen molar-refractivity contribution in [1.82, 2.24) is 5.32 Å². The number of hydrogen-bond acceptors (Lipinski definition) is 2. The monoisotopic (exact) mass is 265 g/mol. The number of carbonyl (C=O) groups excluding carboxylic acids is 1. The van der Waals surface area contributed by atoms with E-state index in [0.717, 1.165) is 0 Å². The molecule has 0 spiro atoms. The van der Waals surface area contributed by atoms with E-state index < -0.39 is 31.0 Å². The van der Waals surface area contributed by atoms with E-state index in [9.17, 15) is 17.7 Å². The van der Waals surface area contributed by atoms with E-state index >= 15 is 0 Å². The first-order valence-corrected chi connectivity index (χ1v) is 4.70. The summed E-state index contributed by atoms with van der Waals surface area (Å²) in [5, 5.41) is 2.13. The Morgan fingerprint density at radius 2 is 1.81 bits per heavy atom. The van der Waals surface area contributed by atoms with Gasteiger partial charge in [-0.25, -0.2) is 4.79 Å². The smallest absolute Gasteiger partial charge is 0.449 e. The molecule has 8 heteroatoms. The Kier molecular flexibility index (Phi) is 8.66. The Morgan fingerprint density at radius 1 is 1.38 bits per heavy atom. The molecule has 0 aliphatic heterocycles. The first-order chi connectivity index (χ1) is 6.49. The van der Waals surface area contributed by atoms with E-state index in [1.165, 1.54) is 6.92 Å². The van der Waals surface area contributed by atoms with Crippen LogP contribution in [0.15, 0.2) is 0 Å². The Bertz CT molecular complexity index is 230. The molecule has 0 radical (unpaired) electrons. The maximum absolute atomic E-state index is 12.0. The van der Waals surface area contributed by atoms with Gasteiger partial charge in [-0.05, 0) is 27.7 Å². The number of carbonyl (C=O) groups is 1. The van der Waals surface area contributed by atoms with Crippen LogP contribution in [0.1, 0.15) is 27.7 Å². The van der Waals surface area contributed by atoms with Crippen LogP contribution in [-0.2, 0) is 4.74 Å².